The lowest BCUT2D eigenvalue weighted by Crippen LogP contribution is -2.19. The van der Waals surface area contributed by atoms with E-state index in [0.717, 1.165) is 17.9 Å². The number of nitrogens with one attached hydrogen (secondary N) is 1. The van der Waals surface area contributed by atoms with Crippen LogP contribution in [0.3, 0.4) is 0 Å². The van der Waals surface area contributed by atoms with E-state index in [1.54, 1.807) is 19.1 Å². The van der Waals surface area contributed by atoms with Crippen molar-refractivity contribution in [1.82, 2.24) is 0 Å². The summed E-state index contributed by atoms with van der Waals surface area (Å²) in [5.74, 6) is 1.75. The predicted molar refractivity (Wildman–Crippen MR) is 92.5 cm³/mol. The second-order valence-electron chi connectivity index (χ2n) is 4.68. The Labute approximate surface area is 135 Å². The molecule has 118 valence electrons. The molecule has 1 aromatic carbocycles. The summed E-state index contributed by atoms with van der Waals surface area (Å²) in [5.41, 5.74) is 7.20. The Bertz CT molecular complexity index is 483. The van der Waals surface area contributed by atoms with Crippen LogP contribution in [0.2, 0.25) is 5.02 Å². The monoisotopic (exact) mass is 330 g/mol. The number of nitrogens with two attached hydrogens (primary N) is 1. The predicted octanol–water partition coefficient (Wildman–Crippen LogP) is 4.04. The molecule has 0 saturated heterocycles. The Morgan fingerprint density at radius 1 is 1.48 bits per heavy atom. The van der Waals surface area contributed by atoms with Crippen molar-refractivity contribution in [2.24, 2.45) is 0 Å². The van der Waals surface area contributed by atoms with E-state index in [0.29, 0.717) is 28.6 Å². The minimum atomic E-state index is -0.413. The van der Waals surface area contributed by atoms with Crippen LogP contribution >= 0.6 is 23.4 Å². The Morgan fingerprint density at radius 3 is 2.81 bits per heavy atom. The number of rotatable bonds is 8. The largest absolute Gasteiger partial charge is 0.462 e. The molecule has 0 radical (unpaired) electrons. The highest BCUT2D eigenvalue weighted by Crippen LogP contribution is 2.30. The van der Waals surface area contributed by atoms with E-state index in [-0.39, 0.29) is 6.04 Å². The summed E-state index contributed by atoms with van der Waals surface area (Å²) in [5, 5.41) is 3.74. The number of nitrogen functional groups attached to an aromatic ring is 1. The average molecular weight is 331 g/mol. The quantitative estimate of drug-likeness (QED) is 0.428. The first-order valence-electron chi connectivity index (χ1n) is 7.10. The van der Waals surface area contributed by atoms with Crippen molar-refractivity contribution < 1.29 is 9.53 Å². The van der Waals surface area contributed by atoms with Gasteiger partial charge in [-0.25, -0.2) is 4.79 Å². The summed E-state index contributed by atoms with van der Waals surface area (Å²) < 4.78 is 5.06. The third-order valence-electron chi connectivity index (χ3n) is 2.90. The fourth-order valence-electron chi connectivity index (χ4n) is 1.87. The normalized spacial score (nSPS) is 12.0. The van der Waals surface area contributed by atoms with Crippen molar-refractivity contribution in [2.75, 3.05) is 29.2 Å². The van der Waals surface area contributed by atoms with Gasteiger partial charge in [0, 0.05) is 11.7 Å². The van der Waals surface area contributed by atoms with E-state index in [9.17, 15) is 4.79 Å². The molecule has 0 saturated carbocycles. The summed E-state index contributed by atoms with van der Waals surface area (Å²) in [7, 11) is 0. The molecule has 1 atom stereocenters. The number of anilines is 2. The van der Waals surface area contributed by atoms with Crippen LogP contribution in [-0.2, 0) is 4.74 Å². The van der Waals surface area contributed by atoms with Gasteiger partial charge in [-0.05, 0) is 43.9 Å². The van der Waals surface area contributed by atoms with Gasteiger partial charge in [-0.1, -0.05) is 18.5 Å². The van der Waals surface area contributed by atoms with Crippen LogP contribution in [-0.4, -0.2) is 30.1 Å². The van der Waals surface area contributed by atoms with Gasteiger partial charge in [0.05, 0.1) is 22.9 Å². The second kappa shape index (κ2) is 9.05. The molecule has 0 amide bonds. The Balaban J connectivity index is 2.91. The van der Waals surface area contributed by atoms with Crippen LogP contribution in [0.15, 0.2) is 12.1 Å². The van der Waals surface area contributed by atoms with Gasteiger partial charge < -0.3 is 15.8 Å². The molecule has 0 spiro atoms. The molecule has 0 aliphatic carbocycles. The molecule has 4 nitrogen and oxygen atoms in total. The number of hydrogen-bond donors (Lipinski definition) is 2. The Hall–Kier alpha value is -1.07. The van der Waals surface area contributed by atoms with E-state index < -0.39 is 5.97 Å². The van der Waals surface area contributed by atoms with Crippen molar-refractivity contribution in [3.05, 3.63) is 22.7 Å². The number of thioether (sulfide) groups is 1. The summed E-state index contributed by atoms with van der Waals surface area (Å²) >= 11 is 8.12. The minimum Gasteiger partial charge on any atom is -0.462 e. The fraction of sp³-hybridized carbons (Fsp3) is 0.533. The number of ether oxygens (including phenoxy) is 1. The maximum absolute atomic E-state index is 12.0. The molecule has 0 aromatic heterocycles. The zero-order valence-electron chi connectivity index (χ0n) is 12.7. The summed E-state index contributed by atoms with van der Waals surface area (Å²) in [6, 6.07) is 3.44. The SMILES string of the molecule is CCOC(=O)c1cc(N)cc(Cl)c1NC(C)CCSCC. The van der Waals surface area contributed by atoms with Crippen molar-refractivity contribution >= 4 is 40.7 Å². The average Bonchev–Trinajstić information content (AvgIpc) is 2.42. The fourth-order valence-corrected chi connectivity index (χ4v) is 2.96. The second-order valence-corrected chi connectivity index (χ2v) is 6.48. The molecule has 6 heteroatoms. The van der Waals surface area contributed by atoms with Gasteiger partial charge in [0.15, 0.2) is 0 Å². The molecular weight excluding hydrogens is 308 g/mol. The summed E-state index contributed by atoms with van der Waals surface area (Å²) in [6.07, 6.45) is 0.988. The lowest BCUT2D eigenvalue weighted by atomic mass is 10.1. The molecule has 1 aromatic rings. The molecule has 0 aliphatic rings. The van der Waals surface area contributed by atoms with Crippen LogP contribution < -0.4 is 11.1 Å². The molecule has 0 aliphatic heterocycles. The van der Waals surface area contributed by atoms with E-state index in [1.807, 2.05) is 11.8 Å². The number of carbonyl (C=O) groups is 1. The topological polar surface area (TPSA) is 64.3 Å². The van der Waals surface area contributed by atoms with Gasteiger partial charge in [-0.3, -0.25) is 0 Å². The van der Waals surface area contributed by atoms with Crippen LogP contribution in [0.25, 0.3) is 0 Å². The van der Waals surface area contributed by atoms with Gasteiger partial charge in [0.25, 0.3) is 0 Å². The highest BCUT2D eigenvalue weighted by molar-refractivity contribution is 7.99. The van der Waals surface area contributed by atoms with Crippen LogP contribution in [0.1, 0.15) is 37.6 Å². The van der Waals surface area contributed by atoms with Crippen molar-refractivity contribution in [1.29, 1.82) is 0 Å². The maximum Gasteiger partial charge on any atom is 0.340 e. The Kier molecular flexibility index (Phi) is 7.75. The summed E-state index contributed by atoms with van der Waals surface area (Å²) in [6.45, 7) is 6.28. The van der Waals surface area contributed by atoms with Crippen molar-refractivity contribution in [3.63, 3.8) is 0 Å². The van der Waals surface area contributed by atoms with Crippen molar-refractivity contribution in [2.45, 2.75) is 33.2 Å². The molecule has 21 heavy (non-hydrogen) atoms. The zero-order valence-corrected chi connectivity index (χ0v) is 14.3. The van der Waals surface area contributed by atoms with E-state index in [2.05, 4.69) is 19.2 Å². The summed E-state index contributed by atoms with van der Waals surface area (Å²) in [4.78, 5) is 12.0. The highest BCUT2D eigenvalue weighted by atomic mass is 35.5. The van der Waals surface area contributed by atoms with Crippen LogP contribution in [0.4, 0.5) is 11.4 Å². The molecule has 0 fully saturated rings. The van der Waals surface area contributed by atoms with Gasteiger partial charge >= 0.3 is 5.97 Å². The van der Waals surface area contributed by atoms with E-state index >= 15 is 0 Å². The smallest absolute Gasteiger partial charge is 0.340 e. The van der Waals surface area contributed by atoms with Gasteiger partial charge in [0.1, 0.15) is 0 Å². The molecule has 3 N–H and O–H groups in total. The highest BCUT2D eigenvalue weighted by Gasteiger charge is 2.18. The van der Waals surface area contributed by atoms with Crippen LogP contribution in [0.5, 0.6) is 0 Å². The standard InChI is InChI=1S/C15H23ClN2O2S/c1-4-20-15(19)12-8-11(17)9-13(16)14(12)18-10(3)6-7-21-5-2/h8-10,18H,4-7,17H2,1-3H3. The maximum atomic E-state index is 12.0. The molecule has 1 unspecified atom stereocenters. The zero-order chi connectivity index (χ0) is 15.8. The van der Waals surface area contributed by atoms with Gasteiger partial charge in [-0.2, -0.15) is 11.8 Å². The number of hydrogen-bond acceptors (Lipinski definition) is 5. The molecule has 0 bridgehead atoms. The number of halogens is 1. The Morgan fingerprint density at radius 2 is 2.19 bits per heavy atom. The number of benzene rings is 1. The number of esters is 1. The van der Waals surface area contributed by atoms with E-state index in [1.165, 1.54) is 0 Å². The molecular formula is C15H23ClN2O2S. The van der Waals surface area contributed by atoms with E-state index in [4.69, 9.17) is 22.1 Å². The number of carbonyl (C=O) groups excluding carboxylic acids is 1. The first-order valence-corrected chi connectivity index (χ1v) is 8.63. The first kappa shape index (κ1) is 18.0. The van der Waals surface area contributed by atoms with Gasteiger partial charge in [0.2, 0.25) is 0 Å². The lowest BCUT2D eigenvalue weighted by molar-refractivity contribution is 0.0527. The molecule has 1 rings (SSSR count). The molecule has 0 heterocycles. The van der Waals surface area contributed by atoms with Gasteiger partial charge in [-0.15, -0.1) is 0 Å². The lowest BCUT2D eigenvalue weighted by Gasteiger charge is -2.19. The first-order chi connectivity index (χ1) is 9.99. The third kappa shape index (κ3) is 5.67. The minimum absolute atomic E-state index is 0.207. The van der Waals surface area contributed by atoms with Crippen molar-refractivity contribution in [3.8, 4) is 0 Å². The third-order valence-corrected chi connectivity index (χ3v) is 4.13. The van der Waals surface area contributed by atoms with Crippen LogP contribution in [0, 0.1) is 0 Å².